The highest BCUT2D eigenvalue weighted by molar-refractivity contribution is 6.02. The largest absolute Gasteiger partial charge is 0.493 e. The summed E-state index contributed by atoms with van der Waals surface area (Å²) in [7, 11) is 2.89. The van der Waals surface area contributed by atoms with Crippen molar-refractivity contribution in [1.82, 2.24) is 9.80 Å². The van der Waals surface area contributed by atoms with E-state index in [1.165, 1.54) is 44.4 Å². The molecular formula is C25H31N3O6. The number of nitrogens with zero attached hydrogens (tertiary/aromatic N) is 2. The van der Waals surface area contributed by atoms with Gasteiger partial charge in [0, 0.05) is 51.8 Å². The molecule has 0 saturated carbocycles. The molecule has 0 radical (unpaired) electrons. The molecule has 0 unspecified atom stereocenters. The molecule has 1 N–H and O–H groups in total. The van der Waals surface area contributed by atoms with Crippen LogP contribution in [0.25, 0.3) is 0 Å². The number of rotatable bonds is 8. The number of anilines is 1. The molecule has 0 spiro atoms. The van der Waals surface area contributed by atoms with Crippen molar-refractivity contribution in [2.24, 2.45) is 0 Å². The molecule has 1 saturated heterocycles. The Hall–Kier alpha value is -3.59. The SMILES string of the molecule is COc1cc(NC(C)=O)c(C(=O)OCC(=O)N2CCN(Cc3cccc(C)c3)CC2)cc1OC. The molecule has 1 aliphatic rings. The molecule has 2 aromatic carbocycles. The van der Waals surface area contributed by atoms with E-state index in [0.29, 0.717) is 24.6 Å². The molecule has 1 heterocycles. The molecule has 1 fully saturated rings. The van der Waals surface area contributed by atoms with Crippen LogP contribution in [-0.2, 0) is 20.9 Å². The van der Waals surface area contributed by atoms with Gasteiger partial charge in [0.1, 0.15) is 0 Å². The maximum absolute atomic E-state index is 12.7. The standard InChI is InChI=1S/C25H31N3O6/c1-17-6-5-7-19(12-17)15-27-8-10-28(11-9-27)24(30)16-34-25(31)20-13-22(32-3)23(33-4)14-21(20)26-18(2)29/h5-7,12-14H,8-11,15-16H2,1-4H3,(H,26,29). The van der Waals surface area contributed by atoms with Crippen LogP contribution in [0.2, 0.25) is 0 Å². The van der Waals surface area contributed by atoms with Gasteiger partial charge in [0.25, 0.3) is 5.91 Å². The van der Waals surface area contributed by atoms with Gasteiger partial charge in [0.05, 0.1) is 25.5 Å². The number of carbonyl (C=O) groups is 3. The predicted molar refractivity (Wildman–Crippen MR) is 127 cm³/mol. The molecule has 0 bridgehead atoms. The van der Waals surface area contributed by atoms with Gasteiger partial charge in [-0.15, -0.1) is 0 Å². The second-order valence-corrected chi connectivity index (χ2v) is 8.16. The number of ether oxygens (including phenoxy) is 3. The minimum Gasteiger partial charge on any atom is -0.493 e. The summed E-state index contributed by atoms with van der Waals surface area (Å²) in [5.41, 5.74) is 2.76. The van der Waals surface area contributed by atoms with Gasteiger partial charge in [-0.1, -0.05) is 29.8 Å². The topological polar surface area (TPSA) is 97.4 Å². The van der Waals surface area contributed by atoms with Crippen LogP contribution in [0.15, 0.2) is 36.4 Å². The Labute approximate surface area is 199 Å². The van der Waals surface area contributed by atoms with Crippen LogP contribution in [0.1, 0.15) is 28.4 Å². The lowest BCUT2D eigenvalue weighted by Gasteiger charge is -2.34. The van der Waals surface area contributed by atoms with Gasteiger partial charge >= 0.3 is 5.97 Å². The lowest BCUT2D eigenvalue weighted by atomic mass is 10.1. The third-order valence-electron chi connectivity index (χ3n) is 5.59. The smallest absolute Gasteiger partial charge is 0.340 e. The van der Waals surface area contributed by atoms with Crippen LogP contribution in [0.5, 0.6) is 11.5 Å². The van der Waals surface area contributed by atoms with E-state index in [1.54, 1.807) is 4.90 Å². The van der Waals surface area contributed by atoms with Crippen molar-refractivity contribution in [2.45, 2.75) is 20.4 Å². The number of benzene rings is 2. The quantitative estimate of drug-likeness (QED) is 0.593. The monoisotopic (exact) mass is 469 g/mol. The summed E-state index contributed by atoms with van der Waals surface area (Å²) in [5.74, 6) is -0.704. The molecule has 1 aliphatic heterocycles. The lowest BCUT2D eigenvalue weighted by molar-refractivity contribution is -0.136. The number of aryl methyl sites for hydroxylation is 1. The second-order valence-electron chi connectivity index (χ2n) is 8.16. The van der Waals surface area contributed by atoms with Crippen molar-refractivity contribution in [3.63, 3.8) is 0 Å². The number of methoxy groups -OCH3 is 2. The first kappa shape index (κ1) is 25.0. The molecule has 182 valence electrons. The van der Waals surface area contributed by atoms with Gasteiger partial charge in [-0.2, -0.15) is 0 Å². The minimum atomic E-state index is -0.740. The van der Waals surface area contributed by atoms with Gasteiger partial charge in [-0.05, 0) is 12.5 Å². The van der Waals surface area contributed by atoms with E-state index in [4.69, 9.17) is 14.2 Å². The van der Waals surface area contributed by atoms with Gasteiger partial charge < -0.3 is 24.4 Å². The van der Waals surface area contributed by atoms with Crippen LogP contribution in [0, 0.1) is 6.92 Å². The number of piperazine rings is 1. The van der Waals surface area contributed by atoms with Crippen LogP contribution in [0.3, 0.4) is 0 Å². The Morgan fingerprint density at radius 1 is 0.971 bits per heavy atom. The van der Waals surface area contributed by atoms with E-state index in [1.807, 2.05) is 0 Å². The van der Waals surface area contributed by atoms with Gasteiger partial charge in [-0.3, -0.25) is 14.5 Å². The van der Waals surface area contributed by atoms with E-state index in [-0.39, 0.29) is 29.7 Å². The first-order chi connectivity index (χ1) is 16.3. The molecule has 2 amide bonds. The Bertz CT molecular complexity index is 1050. The zero-order valence-corrected chi connectivity index (χ0v) is 20.1. The molecule has 3 rings (SSSR count). The van der Waals surface area contributed by atoms with E-state index in [0.717, 1.165) is 19.6 Å². The minimum absolute atomic E-state index is 0.0728. The molecule has 0 atom stereocenters. The van der Waals surface area contributed by atoms with E-state index in [9.17, 15) is 14.4 Å². The maximum Gasteiger partial charge on any atom is 0.340 e. The summed E-state index contributed by atoms with van der Waals surface area (Å²) in [6, 6.07) is 11.3. The lowest BCUT2D eigenvalue weighted by Crippen LogP contribution is -2.49. The second kappa shape index (κ2) is 11.5. The molecule has 9 heteroatoms. The maximum atomic E-state index is 12.7. The Morgan fingerprint density at radius 2 is 1.65 bits per heavy atom. The number of hydrogen-bond acceptors (Lipinski definition) is 7. The normalized spacial score (nSPS) is 13.8. The van der Waals surface area contributed by atoms with Crippen LogP contribution in [0.4, 0.5) is 5.69 Å². The van der Waals surface area contributed by atoms with Crippen LogP contribution in [-0.4, -0.2) is 74.6 Å². The number of hydrogen-bond donors (Lipinski definition) is 1. The van der Waals surface area contributed by atoms with E-state index >= 15 is 0 Å². The molecule has 2 aromatic rings. The molecule has 0 aliphatic carbocycles. The molecule has 0 aromatic heterocycles. The first-order valence-electron chi connectivity index (χ1n) is 11.1. The highest BCUT2D eigenvalue weighted by Crippen LogP contribution is 2.33. The van der Waals surface area contributed by atoms with Crippen molar-refractivity contribution in [1.29, 1.82) is 0 Å². The van der Waals surface area contributed by atoms with Crippen molar-refractivity contribution in [3.05, 3.63) is 53.1 Å². The fourth-order valence-electron chi connectivity index (χ4n) is 3.86. The number of amides is 2. The van der Waals surface area contributed by atoms with E-state index < -0.39 is 5.97 Å². The van der Waals surface area contributed by atoms with Crippen molar-refractivity contribution < 1.29 is 28.6 Å². The zero-order chi connectivity index (χ0) is 24.7. The summed E-state index contributed by atoms with van der Waals surface area (Å²) in [4.78, 5) is 41.0. The Balaban J connectivity index is 1.56. The average Bonchev–Trinajstić information content (AvgIpc) is 2.82. The summed E-state index contributed by atoms with van der Waals surface area (Å²) < 4.78 is 15.8. The molecular weight excluding hydrogens is 438 g/mol. The summed E-state index contributed by atoms with van der Waals surface area (Å²) in [5, 5.41) is 2.58. The third-order valence-corrected chi connectivity index (χ3v) is 5.59. The Kier molecular flexibility index (Phi) is 8.48. The number of esters is 1. The van der Waals surface area contributed by atoms with E-state index in [2.05, 4.69) is 41.4 Å². The third kappa shape index (κ3) is 6.48. The van der Waals surface area contributed by atoms with Gasteiger partial charge in [0.15, 0.2) is 18.1 Å². The first-order valence-corrected chi connectivity index (χ1v) is 11.1. The Morgan fingerprint density at radius 3 is 2.26 bits per heavy atom. The predicted octanol–water partition coefficient (Wildman–Crippen LogP) is 2.47. The van der Waals surface area contributed by atoms with Crippen molar-refractivity contribution in [2.75, 3.05) is 52.3 Å². The zero-order valence-electron chi connectivity index (χ0n) is 20.1. The van der Waals surface area contributed by atoms with Crippen LogP contribution < -0.4 is 14.8 Å². The average molecular weight is 470 g/mol. The van der Waals surface area contributed by atoms with Crippen molar-refractivity contribution >= 4 is 23.5 Å². The molecule has 34 heavy (non-hydrogen) atoms. The fraction of sp³-hybridized carbons (Fsp3) is 0.400. The van der Waals surface area contributed by atoms with Crippen LogP contribution >= 0.6 is 0 Å². The highest BCUT2D eigenvalue weighted by Gasteiger charge is 2.24. The van der Waals surface area contributed by atoms with Gasteiger partial charge in [-0.25, -0.2) is 4.79 Å². The number of nitrogens with one attached hydrogen (secondary N) is 1. The summed E-state index contributed by atoms with van der Waals surface area (Å²) in [6.45, 7) is 6.47. The van der Waals surface area contributed by atoms with Crippen molar-refractivity contribution in [3.8, 4) is 11.5 Å². The van der Waals surface area contributed by atoms with Gasteiger partial charge in [0.2, 0.25) is 5.91 Å². The highest BCUT2D eigenvalue weighted by atomic mass is 16.5. The summed E-state index contributed by atoms with van der Waals surface area (Å²) >= 11 is 0. The number of carbonyl (C=O) groups excluding carboxylic acids is 3. The molecule has 9 nitrogen and oxygen atoms in total. The fourth-order valence-corrected chi connectivity index (χ4v) is 3.86. The summed E-state index contributed by atoms with van der Waals surface area (Å²) in [6.07, 6.45) is 0.